The molecule has 1 aromatic carbocycles. The molecule has 0 unspecified atom stereocenters. The van der Waals surface area contributed by atoms with Gasteiger partial charge in [-0.25, -0.2) is 4.79 Å². The summed E-state index contributed by atoms with van der Waals surface area (Å²) in [4.78, 5) is 65.0. The number of urea groups is 1. The van der Waals surface area contributed by atoms with Crippen LogP contribution >= 0.6 is 0 Å². The second kappa shape index (κ2) is 7.50. The van der Waals surface area contributed by atoms with E-state index in [0.717, 1.165) is 4.90 Å². The number of hydrogen-bond donors (Lipinski definition) is 3. The molecule has 1 aromatic heterocycles. The molecule has 2 aromatic rings. The molecule has 0 atom stereocenters. The van der Waals surface area contributed by atoms with Crippen LogP contribution in [0.4, 0.5) is 10.5 Å². The third-order valence-corrected chi connectivity index (χ3v) is 5.42. The highest BCUT2D eigenvalue weighted by molar-refractivity contribution is 6.07. The predicted molar refractivity (Wildman–Crippen MR) is 112 cm³/mol. The number of nitrogens with zero attached hydrogens (tertiary/aromatic N) is 1. The van der Waals surface area contributed by atoms with Crippen LogP contribution in [0.25, 0.3) is 0 Å². The van der Waals surface area contributed by atoms with Crippen LogP contribution in [0.3, 0.4) is 0 Å². The van der Waals surface area contributed by atoms with E-state index in [9.17, 15) is 24.0 Å². The summed E-state index contributed by atoms with van der Waals surface area (Å²) >= 11 is 0. The molecular formula is C22H22N4O5. The quantitative estimate of drug-likeness (QED) is 0.648. The number of hydrogen-bond acceptors (Lipinski definition) is 5. The zero-order valence-electron chi connectivity index (χ0n) is 17.2. The van der Waals surface area contributed by atoms with Crippen LogP contribution in [-0.4, -0.2) is 40.1 Å². The van der Waals surface area contributed by atoms with Gasteiger partial charge in [0.05, 0.1) is 13.1 Å². The number of rotatable bonds is 4. The Balaban J connectivity index is 1.55. The van der Waals surface area contributed by atoms with Gasteiger partial charge in [0.2, 0.25) is 5.91 Å². The van der Waals surface area contributed by atoms with Gasteiger partial charge < -0.3 is 15.6 Å². The van der Waals surface area contributed by atoms with Crippen molar-refractivity contribution < 1.29 is 19.2 Å². The number of H-pyrrole nitrogens is 1. The zero-order valence-corrected chi connectivity index (χ0v) is 17.2. The number of fused-ring (bicyclic) bond motifs is 1. The molecule has 0 bridgehead atoms. The average Bonchev–Trinajstić information content (AvgIpc) is 2.99. The molecule has 1 saturated heterocycles. The zero-order chi connectivity index (χ0) is 22.3. The number of pyridine rings is 1. The van der Waals surface area contributed by atoms with Gasteiger partial charge in [0.25, 0.3) is 11.5 Å². The Bertz CT molecular complexity index is 1160. The van der Waals surface area contributed by atoms with Crippen molar-refractivity contribution in [3.63, 3.8) is 0 Å². The number of carbonyl (C=O) groups is 4. The van der Waals surface area contributed by atoms with E-state index in [1.54, 1.807) is 24.3 Å². The SMILES string of the molecule is CC1(C)CC(=O)c2cc(C(=O)Nc3cccc(CN4C(=O)CNC4=O)c3)c(=O)[nH]c2C1. The lowest BCUT2D eigenvalue weighted by atomic mass is 9.75. The predicted octanol–water partition coefficient (Wildman–Crippen LogP) is 1.83. The van der Waals surface area contributed by atoms with Gasteiger partial charge >= 0.3 is 6.03 Å². The largest absolute Gasteiger partial charge is 0.329 e. The first-order chi connectivity index (χ1) is 14.6. The van der Waals surface area contributed by atoms with Crippen LogP contribution in [0.2, 0.25) is 0 Å². The highest BCUT2D eigenvalue weighted by Crippen LogP contribution is 2.33. The molecule has 3 N–H and O–H groups in total. The number of benzene rings is 1. The number of ketones is 1. The number of carbonyl (C=O) groups excluding carboxylic acids is 4. The third kappa shape index (κ3) is 4.11. The van der Waals surface area contributed by atoms with E-state index in [-0.39, 0.29) is 35.8 Å². The van der Waals surface area contributed by atoms with E-state index in [0.29, 0.717) is 35.3 Å². The molecule has 1 fully saturated rings. The number of amides is 4. The van der Waals surface area contributed by atoms with Crippen molar-refractivity contribution in [1.29, 1.82) is 0 Å². The maximum absolute atomic E-state index is 12.7. The molecular weight excluding hydrogens is 400 g/mol. The Labute approximate surface area is 177 Å². The fraction of sp³-hybridized carbons (Fsp3) is 0.318. The van der Waals surface area contributed by atoms with Crippen molar-refractivity contribution in [1.82, 2.24) is 15.2 Å². The molecule has 0 radical (unpaired) electrons. The molecule has 4 rings (SSSR count). The summed E-state index contributed by atoms with van der Waals surface area (Å²) in [5, 5.41) is 5.10. The topological polar surface area (TPSA) is 128 Å². The molecule has 0 saturated carbocycles. The van der Waals surface area contributed by atoms with E-state index >= 15 is 0 Å². The lowest BCUT2D eigenvalue weighted by Crippen LogP contribution is -2.32. The Kier molecular flexibility index (Phi) is 4.96. The molecule has 0 spiro atoms. The van der Waals surface area contributed by atoms with Crippen molar-refractivity contribution in [2.75, 3.05) is 11.9 Å². The van der Waals surface area contributed by atoms with Crippen LogP contribution in [0.1, 0.15) is 52.2 Å². The number of anilines is 1. The lowest BCUT2D eigenvalue weighted by Gasteiger charge is -2.29. The average molecular weight is 422 g/mol. The van der Waals surface area contributed by atoms with Crippen LogP contribution in [0, 0.1) is 5.41 Å². The molecule has 1 aliphatic heterocycles. The van der Waals surface area contributed by atoms with E-state index in [1.165, 1.54) is 6.07 Å². The molecule has 4 amide bonds. The van der Waals surface area contributed by atoms with Gasteiger partial charge in [-0.3, -0.25) is 24.1 Å². The van der Waals surface area contributed by atoms with Gasteiger partial charge in [-0.05, 0) is 35.6 Å². The fourth-order valence-electron chi connectivity index (χ4n) is 3.94. The van der Waals surface area contributed by atoms with E-state index in [2.05, 4.69) is 15.6 Å². The maximum atomic E-state index is 12.7. The van der Waals surface area contributed by atoms with Gasteiger partial charge in [0, 0.05) is 23.4 Å². The normalized spacial score (nSPS) is 17.4. The Morgan fingerprint density at radius 1 is 1.13 bits per heavy atom. The molecule has 160 valence electrons. The van der Waals surface area contributed by atoms with E-state index in [1.807, 2.05) is 13.8 Å². The fourth-order valence-corrected chi connectivity index (χ4v) is 3.94. The van der Waals surface area contributed by atoms with Gasteiger partial charge in [0.1, 0.15) is 5.56 Å². The minimum atomic E-state index is -0.645. The third-order valence-electron chi connectivity index (χ3n) is 5.42. The maximum Gasteiger partial charge on any atom is 0.324 e. The van der Waals surface area contributed by atoms with Crippen molar-refractivity contribution in [2.24, 2.45) is 5.41 Å². The van der Waals surface area contributed by atoms with Crippen LogP contribution in [0.15, 0.2) is 35.1 Å². The van der Waals surface area contributed by atoms with Gasteiger partial charge in [-0.15, -0.1) is 0 Å². The first-order valence-corrected chi connectivity index (χ1v) is 9.91. The van der Waals surface area contributed by atoms with Crippen LogP contribution in [0.5, 0.6) is 0 Å². The van der Waals surface area contributed by atoms with E-state index < -0.39 is 17.5 Å². The summed E-state index contributed by atoms with van der Waals surface area (Å²) in [5.74, 6) is -1.08. The summed E-state index contributed by atoms with van der Waals surface area (Å²) in [7, 11) is 0. The summed E-state index contributed by atoms with van der Waals surface area (Å²) in [6, 6.07) is 7.54. The number of aromatic amines is 1. The van der Waals surface area contributed by atoms with Gasteiger partial charge in [-0.2, -0.15) is 0 Å². The van der Waals surface area contributed by atoms with E-state index in [4.69, 9.17) is 0 Å². The standard InChI is InChI=1S/C22H22N4O5/c1-22(2)8-16-14(17(27)9-22)7-15(20(30)25-16)19(29)24-13-5-3-4-12(6-13)11-26-18(28)10-23-21(26)31/h3-7H,8-11H2,1-2H3,(H,23,31)(H,24,29)(H,25,30). The summed E-state index contributed by atoms with van der Waals surface area (Å²) < 4.78 is 0. The van der Waals surface area contributed by atoms with Crippen molar-refractivity contribution in [3.8, 4) is 0 Å². The van der Waals surface area contributed by atoms with Crippen molar-refractivity contribution >= 4 is 29.3 Å². The Morgan fingerprint density at radius 2 is 1.90 bits per heavy atom. The molecule has 2 heterocycles. The minimum Gasteiger partial charge on any atom is -0.329 e. The highest BCUT2D eigenvalue weighted by atomic mass is 16.2. The number of aromatic nitrogens is 1. The Hall–Kier alpha value is -3.75. The van der Waals surface area contributed by atoms with Gasteiger partial charge in [0.15, 0.2) is 5.78 Å². The molecule has 1 aliphatic carbocycles. The smallest absolute Gasteiger partial charge is 0.324 e. The first kappa shape index (κ1) is 20.5. The molecule has 9 heteroatoms. The lowest BCUT2D eigenvalue weighted by molar-refractivity contribution is -0.125. The number of nitrogens with one attached hydrogen (secondary N) is 3. The van der Waals surface area contributed by atoms with Crippen molar-refractivity contribution in [2.45, 2.75) is 33.2 Å². The summed E-state index contributed by atoms with van der Waals surface area (Å²) in [6.45, 7) is 3.95. The molecule has 31 heavy (non-hydrogen) atoms. The molecule has 9 nitrogen and oxygen atoms in total. The summed E-state index contributed by atoms with van der Waals surface area (Å²) in [5.41, 5.74) is 1.02. The number of Topliss-reactive ketones (excluding diaryl/α,β-unsaturated/α-hetero) is 1. The van der Waals surface area contributed by atoms with Crippen LogP contribution < -0.4 is 16.2 Å². The molecule has 2 aliphatic rings. The summed E-state index contributed by atoms with van der Waals surface area (Å²) in [6.07, 6.45) is 0.897. The monoisotopic (exact) mass is 422 g/mol. The van der Waals surface area contributed by atoms with Crippen LogP contribution in [-0.2, 0) is 17.8 Å². The van der Waals surface area contributed by atoms with Crippen molar-refractivity contribution in [3.05, 3.63) is 63.1 Å². The van der Waals surface area contributed by atoms with Gasteiger partial charge in [-0.1, -0.05) is 26.0 Å². The number of imide groups is 1. The minimum absolute atomic E-state index is 0.0354. The Morgan fingerprint density at radius 3 is 2.61 bits per heavy atom. The first-order valence-electron chi connectivity index (χ1n) is 9.91. The highest BCUT2D eigenvalue weighted by Gasteiger charge is 2.33. The second-order valence-corrected chi connectivity index (χ2v) is 8.64. The second-order valence-electron chi connectivity index (χ2n) is 8.64.